The molecule has 0 bridgehead atoms. The van der Waals surface area contributed by atoms with E-state index in [1.54, 1.807) is 16.4 Å². The van der Waals surface area contributed by atoms with E-state index in [2.05, 4.69) is 6.92 Å². The Kier molecular flexibility index (Phi) is 3.92. The molecule has 2 N–H and O–H groups in total. The second kappa shape index (κ2) is 5.28. The lowest BCUT2D eigenvalue weighted by molar-refractivity contribution is 0.452. The summed E-state index contributed by atoms with van der Waals surface area (Å²) >= 11 is 0. The van der Waals surface area contributed by atoms with Gasteiger partial charge in [-0.1, -0.05) is 31.5 Å². The molecule has 0 spiro atoms. The van der Waals surface area contributed by atoms with E-state index >= 15 is 0 Å². The number of nitrogens with two attached hydrogens (primary N) is 1. The van der Waals surface area contributed by atoms with Crippen LogP contribution in [0.1, 0.15) is 25.3 Å². The van der Waals surface area contributed by atoms with Gasteiger partial charge in [-0.3, -0.25) is 0 Å². The van der Waals surface area contributed by atoms with E-state index in [1.165, 1.54) is 0 Å². The summed E-state index contributed by atoms with van der Waals surface area (Å²) in [5.41, 5.74) is 7.04. The molecule has 100 valence electrons. The second-order valence-electron chi connectivity index (χ2n) is 4.88. The van der Waals surface area contributed by atoms with Crippen molar-refractivity contribution in [3.63, 3.8) is 0 Å². The van der Waals surface area contributed by atoms with Gasteiger partial charge in [-0.2, -0.15) is 0 Å². The van der Waals surface area contributed by atoms with E-state index in [-0.39, 0.29) is 5.75 Å². The van der Waals surface area contributed by atoms with Crippen molar-refractivity contribution in [1.29, 1.82) is 0 Å². The molecule has 0 saturated carbocycles. The average Bonchev–Trinajstić information content (AvgIpc) is 2.81. The Bertz CT molecular complexity index is 513. The van der Waals surface area contributed by atoms with Crippen molar-refractivity contribution < 1.29 is 8.42 Å². The van der Waals surface area contributed by atoms with E-state index < -0.39 is 10.0 Å². The number of para-hydroxylation sites is 1. The summed E-state index contributed by atoms with van der Waals surface area (Å²) in [5, 5.41) is 0. The highest BCUT2D eigenvalue weighted by Gasteiger charge is 2.30. The van der Waals surface area contributed by atoms with E-state index in [0.29, 0.717) is 30.3 Å². The topological polar surface area (TPSA) is 63.4 Å². The largest absolute Gasteiger partial charge is 0.398 e. The fourth-order valence-electron chi connectivity index (χ4n) is 2.34. The molecule has 18 heavy (non-hydrogen) atoms. The van der Waals surface area contributed by atoms with Crippen LogP contribution in [0.25, 0.3) is 0 Å². The molecular formula is C13H20N2O2S. The van der Waals surface area contributed by atoms with Crippen LogP contribution in [-0.4, -0.2) is 25.8 Å². The van der Waals surface area contributed by atoms with Gasteiger partial charge in [0.2, 0.25) is 10.0 Å². The maximum Gasteiger partial charge on any atom is 0.218 e. The van der Waals surface area contributed by atoms with E-state index in [1.807, 2.05) is 12.1 Å². The van der Waals surface area contributed by atoms with Crippen LogP contribution in [0.5, 0.6) is 0 Å². The Morgan fingerprint density at radius 1 is 1.39 bits per heavy atom. The third-order valence-electron chi connectivity index (χ3n) is 3.61. The zero-order valence-corrected chi connectivity index (χ0v) is 11.5. The molecular weight excluding hydrogens is 248 g/mol. The molecule has 1 unspecified atom stereocenters. The molecule has 1 fully saturated rings. The predicted octanol–water partition coefficient (Wildman–Crippen LogP) is 1.83. The van der Waals surface area contributed by atoms with E-state index in [9.17, 15) is 8.42 Å². The molecule has 5 heteroatoms. The molecule has 0 amide bonds. The van der Waals surface area contributed by atoms with Gasteiger partial charge in [0, 0.05) is 18.8 Å². The fourth-order valence-corrected chi connectivity index (χ4v) is 4.00. The first kappa shape index (κ1) is 13.4. The number of anilines is 1. The molecule has 1 atom stereocenters. The number of hydrogen-bond acceptors (Lipinski definition) is 3. The predicted molar refractivity (Wildman–Crippen MR) is 73.4 cm³/mol. The zero-order chi connectivity index (χ0) is 13.2. The number of benzene rings is 1. The molecule has 1 aromatic rings. The molecule has 0 radical (unpaired) electrons. The maximum absolute atomic E-state index is 12.3. The van der Waals surface area contributed by atoms with Crippen molar-refractivity contribution in [3.8, 4) is 0 Å². The van der Waals surface area contributed by atoms with Gasteiger partial charge in [-0.05, 0) is 24.0 Å². The third-order valence-corrected chi connectivity index (χ3v) is 5.41. The van der Waals surface area contributed by atoms with Gasteiger partial charge in [0.25, 0.3) is 0 Å². The van der Waals surface area contributed by atoms with E-state index in [0.717, 1.165) is 12.8 Å². The Morgan fingerprint density at radius 2 is 2.11 bits per heavy atom. The number of hydrogen-bond donors (Lipinski definition) is 1. The summed E-state index contributed by atoms with van der Waals surface area (Å²) in [4.78, 5) is 0. The van der Waals surface area contributed by atoms with Gasteiger partial charge < -0.3 is 5.73 Å². The SMILES string of the molecule is CCC1CCN(S(=O)(=O)Cc2ccccc2N)C1. The van der Waals surface area contributed by atoms with Crippen LogP contribution in [0.4, 0.5) is 5.69 Å². The van der Waals surface area contributed by atoms with Gasteiger partial charge in [0.05, 0.1) is 5.75 Å². The molecule has 1 saturated heterocycles. The minimum atomic E-state index is -3.23. The summed E-state index contributed by atoms with van der Waals surface area (Å²) in [6.07, 6.45) is 2.01. The van der Waals surface area contributed by atoms with Gasteiger partial charge in [0.1, 0.15) is 0 Å². The van der Waals surface area contributed by atoms with E-state index in [4.69, 9.17) is 5.73 Å². The Labute approximate surface area is 109 Å². The van der Waals surface area contributed by atoms with Crippen molar-refractivity contribution in [3.05, 3.63) is 29.8 Å². The minimum absolute atomic E-state index is 0.0100. The van der Waals surface area contributed by atoms with Crippen molar-refractivity contribution in [2.45, 2.75) is 25.5 Å². The maximum atomic E-state index is 12.3. The third kappa shape index (κ3) is 2.84. The number of nitrogen functional groups attached to an aromatic ring is 1. The average molecular weight is 268 g/mol. The van der Waals surface area contributed by atoms with Crippen molar-refractivity contribution in [2.24, 2.45) is 5.92 Å². The first-order valence-corrected chi connectivity index (χ1v) is 7.95. The lowest BCUT2D eigenvalue weighted by Crippen LogP contribution is -2.30. The molecule has 1 heterocycles. The Balaban J connectivity index is 2.11. The van der Waals surface area contributed by atoms with Gasteiger partial charge in [-0.25, -0.2) is 12.7 Å². The summed E-state index contributed by atoms with van der Waals surface area (Å²) in [5.74, 6) is 0.517. The van der Waals surface area contributed by atoms with Crippen LogP contribution in [-0.2, 0) is 15.8 Å². The van der Waals surface area contributed by atoms with Gasteiger partial charge in [-0.15, -0.1) is 0 Å². The molecule has 1 aliphatic rings. The summed E-state index contributed by atoms with van der Waals surface area (Å²) in [6.45, 7) is 3.41. The first-order chi connectivity index (χ1) is 8.53. The quantitative estimate of drug-likeness (QED) is 0.847. The van der Waals surface area contributed by atoms with Gasteiger partial charge in [0.15, 0.2) is 0 Å². The van der Waals surface area contributed by atoms with Crippen LogP contribution in [0.3, 0.4) is 0 Å². The van der Waals surface area contributed by atoms with Crippen LogP contribution >= 0.6 is 0 Å². The molecule has 1 aromatic carbocycles. The number of nitrogens with zero attached hydrogens (tertiary/aromatic N) is 1. The Morgan fingerprint density at radius 3 is 2.72 bits per heavy atom. The minimum Gasteiger partial charge on any atom is -0.398 e. The zero-order valence-electron chi connectivity index (χ0n) is 10.7. The van der Waals surface area contributed by atoms with Crippen molar-refractivity contribution in [2.75, 3.05) is 18.8 Å². The highest BCUT2D eigenvalue weighted by atomic mass is 32.2. The molecule has 4 nitrogen and oxygen atoms in total. The van der Waals surface area contributed by atoms with Gasteiger partial charge >= 0.3 is 0 Å². The number of sulfonamides is 1. The van der Waals surface area contributed by atoms with Crippen molar-refractivity contribution in [1.82, 2.24) is 4.31 Å². The van der Waals surface area contributed by atoms with Crippen LogP contribution in [0.2, 0.25) is 0 Å². The molecule has 0 aliphatic carbocycles. The lowest BCUT2D eigenvalue weighted by Gasteiger charge is -2.17. The highest BCUT2D eigenvalue weighted by Crippen LogP contribution is 2.24. The van der Waals surface area contributed by atoms with Crippen molar-refractivity contribution >= 4 is 15.7 Å². The summed E-state index contributed by atoms with van der Waals surface area (Å²) in [6, 6.07) is 7.15. The first-order valence-electron chi connectivity index (χ1n) is 6.34. The standard InChI is InChI=1S/C13H20N2O2S/c1-2-11-7-8-15(9-11)18(16,17)10-12-5-3-4-6-13(12)14/h3-6,11H,2,7-10,14H2,1H3. The summed E-state index contributed by atoms with van der Waals surface area (Å²) in [7, 11) is -3.23. The highest BCUT2D eigenvalue weighted by molar-refractivity contribution is 7.88. The molecule has 0 aromatic heterocycles. The Hall–Kier alpha value is -1.07. The smallest absolute Gasteiger partial charge is 0.218 e. The lowest BCUT2D eigenvalue weighted by atomic mass is 10.1. The summed E-state index contributed by atoms with van der Waals surface area (Å²) < 4.78 is 26.2. The second-order valence-corrected chi connectivity index (χ2v) is 6.84. The monoisotopic (exact) mass is 268 g/mol. The van der Waals surface area contributed by atoms with Crippen LogP contribution in [0, 0.1) is 5.92 Å². The number of rotatable bonds is 4. The molecule has 1 aliphatic heterocycles. The van der Waals surface area contributed by atoms with Crippen LogP contribution in [0.15, 0.2) is 24.3 Å². The molecule has 2 rings (SSSR count). The van der Waals surface area contributed by atoms with Crippen LogP contribution < -0.4 is 5.73 Å². The fraction of sp³-hybridized carbons (Fsp3) is 0.538. The normalized spacial score (nSPS) is 21.3.